The van der Waals surface area contributed by atoms with Gasteiger partial charge >= 0.3 is 0 Å². The molecule has 0 aliphatic carbocycles. The normalized spacial score (nSPS) is 14.0. The molecular weight excluding hydrogens is 359 g/mol. The molecule has 1 saturated heterocycles. The van der Waals surface area contributed by atoms with E-state index in [4.69, 9.17) is 0 Å². The van der Waals surface area contributed by atoms with E-state index in [-0.39, 0.29) is 5.56 Å². The van der Waals surface area contributed by atoms with Crippen LogP contribution < -0.4 is 15.1 Å². The molecule has 0 unspecified atom stereocenters. The molecule has 1 aliphatic heterocycles. The molecule has 3 aromatic rings. The molecule has 7 nitrogen and oxygen atoms in total. The number of rotatable bonds is 4. The van der Waals surface area contributed by atoms with E-state index in [1.54, 1.807) is 12.4 Å². The zero-order valence-electron chi connectivity index (χ0n) is 15.1. The van der Waals surface area contributed by atoms with Gasteiger partial charge in [0.05, 0.1) is 29.8 Å². The Balaban J connectivity index is 1.35. The lowest BCUT2D eigenvalue weighted by molar-refractivity contribution is 0.102. The smallest absolute Gasteiger partial charge is 0.257 e. The molecule has 0 bridgehead atoms. The first-order valence-electron chi connectivity index (χ1n) is 8.98. The van der Waals surface area contributed by atoms with E-state index in [2.05, 4.69) is 42.2 Å². The summed E-state index contributed by atoms with van der Waals surface area (Å²) in [5.74, 6) is -0.396. The number of carbonyl (C=O) groups excluding carboxylic acids is 1. The molecule has 0 atom stereocenters. The molecule has 1 amide bonds. The fourth-order valence-corrected chi connectivity index (χ4v) is 3.09. The van der Waals surface area contributed by atoms with Crippen LogP contribution in [-0.4, -0.2) is 47.0 Å². The summed E-state index contributed by atoms with van der Waals surface area (Å²) in [5.41, 5.74) is 1.80. The molecular formula is C20H19FN6O. The number of anilines is 3. The Morgan fingerprint density at radius 2 is 1.61 bits per heavy atom. The van der Waals surface area contributed by atoms with Crippen molar-refractivity contribution in [2.24, 2.45) is 0 Å². The van der Waals surface area contributed by atoms with Gasteiger partial charge < -0.3 is 15.1 Å². The number of pyridine rings is 1. The molecule has 1 aromatic carbocycles. The summed E-state index contributed by atoms with van der Waals surface area (Å²) in [4.78, 5) is 29.0. The molecule has 0 spiro atoms. The van der Waals surface area contributed by atoms with E-state index >= 15 is 0 Å². The number of hydrogen-bond donors (Lipinski definition) is 1. The number of para-hydroxylation sites is 1. The molecule has 1 aliphatic rings. The fourth-order valence-electron chi connectivity index (χ4n) is 3.09. The van der Waals surface area contributed by atoms with Crippen molar-refractivity contribution in [1.82, 2.24) is 15.0 Å². The highest BCUT2D eigenvalue weighted by atomic mass is 19.1. The number of hydrogen-bond acceptors (Lipinski definition) is 6. The molecule has 0 radical (unpaired) electrons. The minimum absolute atomic E-state index is 0.140. The molecule has 8 heteroatoms. The van der Waals surface area contributed by atoms with Gasteiger partial charge in [0.25, 0.3) is 5.91 Å². The van der Waals surface area contributed by atoms with E-state index in [1.807, 2.05) is 18.2 Å². The van der Waals surface area contributed by atoms with Gasteiger partial charge in [0.1, 0.15) is 5.82 Å². The number of piperazine rings is 1. The molecule has 142 valence electrons. The Morgan fingerprint density at radius 3 is 2.29 bits per heavy atom. The highest BCUT2D eigenvalue weighted by Gasteiger charge is 2.19. The van der Waals surface area contributed by atoms with Gasteiger partial charge in [-0.25, -0.2) is 14.4 Å². The molecule has 2 aromatic heterocycles. The van der Waals surface area contributed by atoms with E-state index in [0.717, 1.165) is 38.4 Å². The first kappa shape index (κ1) is 17.8. The summed E-state index contributed by atoms with van der Waals surface area (Å²) in [6.07, 6.45) is 5.46. The van der Waals surface area contributed by atoms with Crippen LogP contribution in [0.3, 0.4) is 0 Å². The first-order valence-corrected chi connectivity index (χ1v) is 8.98. The van der Waals surface area contributed by atoms with Gasteiger partial charge in [0.2, 0.25) is 5.95 Å². The largest absolute Gasteiger partial charge is 0.368 e. The summed E-state index contributed by atoms with van der Waals surface area (Å²) in [6.45, 7) is 3.40. The third-order valence-corrected chi connectivity index (χ3v) is 4.55. The Morgan fingerprint density at radius 1 is 0.929 bits per heavy atom. The standard InChI is InChI=1S/C20H19FN6O/c21-16-10-15(11-22-12-16)19(28)25-17-13-23-20(24-14-17)27-8-6-26(7-9-27)18-4-2-1-3-5-18/h1-5,10-14H,6-9H2,(H,25,28). The number of nitrogens with one attached hydrogen (secondary N) is 1. The Labute approximate surface area is 161 Å². The van der Waals surface area contributed by atoms with Crippen molar-refractivity contribution in [3.63, 3.8) is 0 Å². The maximum absolute atomic E-state index is 13.2. The molecule has 4 rings (SSSR count). The van der Waals surface area contributed by atoms with Crippen molar-refractivity contribution in [1.29, 1.82) is 0 Å². The zero-order valence-corrected chi connectivity index (χ0v) is 15.1. The van der Waals surface area contributed by atoms with Gasteiger partial charge in [-0.05, 0) is 18.2 Å². The summed E-state index contributed by atoms with van der Waals surface area (Å²) < 4.78 is 13.2. The Bertz CT molecular complexity index is 942. The van der Waals surface area contributed by atoms with Crippen molar-refractivity contribution in [2.45, 2.75) is 0 Å². The van der Waals surface area contributed by atoms with Crippen LogP contribution in [0, 0.1) is 5.82 Å². The average molecular weight is 378 g/mol. The topological polar surface area (TPSA) is 74.2 Å². The summed E-state index contributed by atoms with van der Waals surface area (Å²) in [7, 11) is 0. The highest BCUT2D eigenvalue weighted by Crippen LogP contribution is 2.18. The molecule has 3 heterocycles. The van der Waals surface area contributed by atoms with Gasteiger partial charge in [-0.2, -0.15) is 0 Å². The van der Waals surface area contributed by atoms with Crippen molar-refractivity contribution in [3.8, 4) is 0 Å². The quantitative estimate of drug-likeness (QED) is 0.752. The average Bonchev–Trinajstić information content (AvgIpc) is 2.75. The number of carbonyl (C=O) groups is 1. The minimum atomic E-state index is -0.561. The summed E-state index contributed by atoms with van der Waals surface area (Å²) in [6, 6.07) is 11.4. The van der Waals surface area contributed by atoms with Crippen LogP contribution in [0.4, 0.5) is 21.7 Å². The third kappa shape index (κ3) is 4.06. The molecule has 28 heavy (non-hydrogen) atoms. The number of halogens is 1. The second-order valence-electron chi connectivity index (χ2n) is 6.43. The number of amides is 1. The SMILES string of the molecule is O=C(Nc1cnc(N2CCN(c3ccccc3)CC2)nc1)c1cncc(F)c1. The number of aromatic nitrogens is 3. The second-order valence-corrected chi connectivity index (χ2v) is 6.43. The minimum Gasteiger partial charge on any atom is -0.368 e. The van der Waals surface area contributed by atoms with E-state index in [9.17, 15) is 9.18 Å². The first-order chi connectivity index (χ1) is 13.7. The second kappa shape index (κ2) is 7.99. The predicted molar refractivity (Wildman–Crippen MR) is 105 cm³/mol. The van der Waals surface area contributed by atoms with Gasteiger partial charge in [0.15, 0.2) is 0 Å². The van der Waals surface area contributed by atoms with Crippen molar-refractivity contribution in [2.75, 3.05) is 41.3 Å². The lowest BCUT2D eigenvalue weighted by atomic mass is 10.2. The fraction of sp³-hybridized carbons (Fsp3) is 0.200. The Kier molecular flexibility index (Phi) is 5.09. The van der Waals surface area contributed by atoms with Crippen molar-refractivity contribution < 1.29 is 9.18 Å². The van der Waals surface area contributed by atoms with Gasteiger partial charge in [-0.1, -0.05) is 18.2 Å². The van der Waals surface area contributed by atoms with E-state index < -0.39 is 11.7 Å². The van der Waals surface area contributed by atoms with E-state index in [1.165, 1.54) is 11.9 Å². The molecule has 0 saturated carbocycles. The van der Waals surface area contributed by atoms with Crippen LogP contribution in [0.5, 0.6) is 0 Å². The summed E-state index contributed by atoms with van der Waals surface area (Å²) in [5, 5.41) is 2.65. The van der Waals surface area contributed by atoms with Crippen LogP contribution in [-0.2, 0) is 0 Å². The number of nitrogens with zero attached hydrogens (tertiary/aromatic N) is 5. The Hall–Kier alpha value is -3.55. The van der Waals surface area contributed by atoms with Crippen LogP contribution in [0.25, 0.3) is 0 Å². The maximum Gasteiger partial charge on any atom is 0.257 e. The van der Waals surface area contributed by atoms with Crippen molar-refractivity contribution >= 4 is 23.2 Å². The van der Waals surface area contributed by atoms with Crippen LogP contribution in [0.15, 0.2) is 61.2 Å². The van der Waals surface area contributed by atoms with Gasteiger partial charge in [-0.3, -0.25) is 9.78 Å². The van der Waals surface area contributed by atoms with Crippen LogP contribution >= 0.6 is 0 Å². The van der Waals surface area contributed by atoms with Crippen LogP contribution in [0.1, 0.15) is 10.4 Å². The maximum atomic E-state index is 13.2. The lowest BCUT2D eigenvalue weighted by Gasteiger charge is -2.36. The predicted octanol–water partition coefficient (Wildman–Crippen LogP) is 2.59. The number of benzene rings is 1. The highest BCUT2D eigenvalue weighted by molar-refractivity contribution is 6.03. The van der Waals surface area contributed by atoms with Crippen molar-refractivity contribution in [3.05, 3.63) is 72.6 Å². The molecule has 1 fully saturated rings. The zero-order chi connectivity index (χ0) is 19.3. The lowest BCUT2D eigenvalue weighted by Crippen LogP contribution is -2.47. The third-order valence-electron chi connectivity index (χ3n) is 4.55. The van der Waals surface area contributed by atoms with Gasteiger partial charge in [-0.15, -0.1) is 0 Å². The monoisotopic (exact) mass is 378 g/mol. The van der Waals surface area contributed by atoms with Gasteiger partial charge in [0, 0.05) is 38.1 Å². The van der Waals surface area contributed by atoms with E-state index in [0.29, 0.717) is 11.6 Å². The molecule has 1 N–H and O–H groups in total. The van der Waals surface area contributed by atoms with Crippen LogP contribution in [0.2, 0.25) is 0 Å². The summed E-state index contributed by atoms with van der Waals surface area (Å²) >= 11 is 0.